The van der Waals surface area contributed by atoms with Crippen LogP contribution in [-0.4, -0.2) is 61.9 Å². The highest BCUT2D eigenvalue weighted by Crippen LogP contribution is 2.19. The predicted molar refractivity (Wildman–Crippen MR) is 112 cm³/mol. The number of nitrogens with one attached hydrogen (secondary N) is 2. The minimum absolute atomic E-state index is 0.0972. The molecule has 2 N–H and O–H groups in total. The maximum Gasteiger partial charge on any atom is 0.426 e. The van der Waals surface area contributed by atoms with Gasteiger partial charge in [0.05, 0.1) is 6.61 Å². The molecule has 29 heavy (non-hydrogen) atoms. The van der Waals surface area contributed by atoms with Gasteiger partial charge in [-0.25, -0.2) is 15.0 Å². The van der Waals surface area contributed by atoms with Gasteiger partial charge < -0.3 is 19.9 Å². The van der Waals surface area contributed by atoms with Gasteiger partial charge in [0.25, 0.3) is 5.95 Å². The molecule has 0 aliphatic rings. The number of anilines is 4. The van der Waals surface area contributed by atoms with Crippen molar-refractivity contribution in [1.29, 1.82) is 0 Å². The molecule has 0 saturated carbocycles. The number of aromatic nitrogens is 3. The van der Waals surface area contributed by atoms with Crippen LogP contribution in [0.15, 0.2) is 24.3 Å². The Balaban J connectivity index is 2.44. The summed E-state index contributed by atoms with van der Waals surface area (Å²) in [5, 5.41) is 3.92. The van der Waals surface area contributed by atoms with Crippen molar-refractivity contribution in [3.05, 3.63) is 29.3 Å². The molecule has 1 aromatic heterocycles. The van der Waals surface area contributed by atoms with Crippen molar-refractivity contribution >= 4 is 47.3 Å². The maximum atomic E-state index is 12.9. The van der Waals surface area contributed by atoms with Gasteiger partial charge in [-0.15, -0.1) is 0 Å². The Kier molecular flexibility index (Phi) is 7.37. The molecule has 2 aromatic rings. The predicted octanol–water partition coefficient (Wildman–Crippen LogP) is 2.36. The Bertz CT molecular complexity index is 851. The molecule has 0 bridgehead atoms. The second-order valence-electron chi connectivity index (χ2n) is 6.13. The quantitative estimate of drug-likeness (QED) is 0.705. The number of urea groups is 1. The van der Waals surface area contributed by atoms with Crippen LogP contribution in [0.3, 0.4) is 0 Å². The molecular weight excluding hydrogens is 400 g/mol. The largest absolute Gasteiger partial charge is 0.449 e. The summed E-state index contributed by atoms with van der Waals surface area (Å²) in [5.74, 6) is 0.495. The van der Waals surface area contributed by atoms with E-state index in [9.17, 15) is 9.59 Å². The summed E-state index contributed by atoms with van der Waals surface area (Å²) in [5.41, 5.74) is 2.76. The van der Waals surface area contributed by atoms with Gasteiger partial charge in [0, 0.05) is 38.9 Å². The fourth-order valence-corrected chi connectivity index (χ4v) is 2.23. The highest BCUT2D eigenvalue weighted by Gasteiger charge is 2.24. The van der Waals surface area contributed by atoms with E-state index in [-0.39, 0.29) is 12.6 Å². The summed E-state index contributed by atoms with van der Waals surface area (Å²) in [6, 6.07) is 5.84. The molecular formula is C17H23ClN8O3. The van der Waals surface area contributed by atoms with Gasteiger partial charge in [0.2, 0.25) is 11.9 Å². The summed E-state index contributed by atoms with van der Waals surface area (Å²) in [6.07, 6.45) is -0.841. The average molecular weight is 423 g/mol. The maximum absolute atomic E-state index is 12.9. The number of halogens is 1. The zero-order chi connectivity index (χ0) is 21.6. The van der Waals surface area contributed by atoms with Crippen LogP contribution in [0.1, 0.15) is 6.92 Å². The number of amides is 3. The average Bonchev–Trinajstić information content (AvgIpc) is 2.65. The third kappa shape index (κ3) is 6.07. The minimum Gasteiger partial charge on any atom is -0.449 e. The van der Waals surface area contributed by atoms with E-state index in [1.54, 1.807) is 69.2 Å². The number of carbonyl (C=O) groups excluding carboxylic acids is 2. The van der Waals surface area contributed by atoms with Crippen molar-refractivity contribution in [3.8, 4) is 0 Å². The lowest BCUT2D eigenvalue weighted by Crippen LogP contribution is -2.50. The normalized spacial score (nSPS) is 10.1. The molecule has 1 aromatic carbocycles. The molecule has 11 nitrogen and oxygen atoms in total. The lowest BCUT2D eigenvalue weighted by molar-refractivity contribution is 0.151. The fraction of sp³-hybridized carbons (Fsp3) is 0.353. The highest BCUT2D eigenvalue weighted by atomic mass is 35.5. The van der Waals surface area contributed by atoms with Crippen LogP contribution in [0.2, 0.25) is 5.02 Å². The molecule has 2 rings (SSSR count). The van der Waals surface area contributed by atoms with Crippen molar-refractivity contribution in [2.75, 3.05) is 54.9 Å². The molecule has 0 spiro atoms. The van der Waals surface area contributed by atoms with Crippen LogP contribution in [0.5, 0.6) is 0 Å². The summed E-state index contributed by atoms with van der Waals surface area (Å²) >= 11 is 5.96. The Morgan fingerprint density at radius 2 is 1.62 bits per heavy atom. The van der Waals surface area contributed by atoms with Gasteiger partial charge >= 0.3 is 12.1 Å². The Morgan fingerprint density at radius 1 is 1.03 bits per heavy atom. The zero-order valence-corrected chi connectivity index (χ0v) is 17.6. The molecule has 12 heteroatoms. The number of hydrogen-bond donors (Lipinski definition) is 2. The lowest BCUT2D eigenvalue weighted by Gasteiger charge is -2.23. The first-order chi connectivity index (χ1) is 13.7. The van der Waals surface area contributed by atoms with E-state index in [0.717, 1.165) is 5.01 Å². The summed E-state index contributed by atoms with van der Waals surface area (Å²) in [4.78, 5) is 41.0. The molecule has 156 valence electrons. The van der Waals surface area contributed by atoms with Crippen LogP contribution in [-0.2, 0) is 4.74 Å². The van der Waals surface area contributed by atoms with Gasteiger partial charge in [-0.05, 0) is 25.1 Å². The van der Waals surface area contributed by atoms with Crippen molar-refractivity contribution in [3.63, 3.8) is 0 Å². The fourth-order valence-electron chi connectivity index (χ4n) is 2.04. The lowest BCUT2D eigenvalue weighted by atomic mass is 10.3. The molecule has 1 heterocycles. The summed E-state index contributed by atoms with van der Waals surface area (Å²) in [6.45, 7) is 1.77. The van der Waals surface area contributed by atoms with Crippen LogP contribution >= 0.6 is 11.6 Å². The van der Waals surface area contributed by atoms with Crippen molar-refractivity contribution < 1.29 is 14.3 Å². The number of hydrazine groups is 1. The number of nitrogens with zero attached hydrogens (tertiary/aromatic N) is 6. The number of carbonyl (C=O) groups is 2. The van der Waals surface area contributed by atoms with E-state index in [1.165, 1.54) is 0 Å². The van der Waals surface area contributed by atoms with E-state index in [1.807, 2.05) is 0 Å². The van der Waals surface area contributed by atoms with Crippen molar-refractivity contribution in [1.82, 2.24) is 20.4 Å². The van der Waals surface area contributed by atoms with Gasteiger partial charge in [0.15, 0.2) is 0 Å². The molecule has 0 aliphatic heterocycles. The molecule has 0 aliphatic carbocycles. The first-order valence-corrected chi connectivity index (χ1v) is 8.99. The van der Waals surface area contributed by atoms with E-state index >= 15 is 0 Å². The number of ether oxygens (including phenoxy) is 1. The third-order valence-electron chi connectivity index (χ3n) is 3.36. The molecule has 0 unspecified atom stereocenters. The SMILES string of the molecule is CCOC(=O)NN(C(=O)Nc1cccc(Cl)c1)c1nc(N(C)C)nc(N(C)C)n1. The highest BCUT2D eigenvalue weighted by molar-refractivity contribution is 6.30. The topological polar surface area (TPSA) is 116 Å². The van der Waals surface area contributed by atoms with E-state index in [2.05, 4.69) is 25.7 Å². The monoisotopic (exact) mass is 422 g/mol. The van der Waals surface area contributed by atoms with Crippen LogP contribution in [0.4, 0.5) is 33.1 Å². The van der Waals surface area contributed by atoms with Gasteiger partial charge in [-0.1, -0.05) is 17.7 Å². The van der Waals surface area contributed by atoms with Gasteiger partial charge in [-0.2, -0.15) is 20.0 Å². The standard InChI is InChI=1S/C17H23ClN8O3/c1-6-29-17(28)23-26(16(27)19-12-9-7-8-11(18)10-12)15-21-13(24(2)3)20-14(22-15)25(4)5/h7-10H,6H2,1-5H3,(H,19,27)(H,23,28). The number of hydrogen-bond acceptors (Lipinski definition) is 8. The molecule has 0 atom stereocenters. The zero-order valence-electron chi connectivity index (χ0n) is 16.8. The third-order valence-corrected chi connectivity index (χ3v) is 3.59. The van der Waals surface area contributed by atoms with Crippen molar-refractivity contribution in [2.24, 2.45) is 0 Å². The van der Waals surface area contributed by atoms with Crippen LogP contribution in [0, 0.1) is 0 Å². The Labute approximate surface area is 173 Å². The number of benzene rings is 1. The molecule has 3 amide bonds. The van der Waals surface area contributed by atoms with Crippen LogP contribution < -0.4 is 25.6 Å². The second-order valence-corrected chi connectivity index (χ2v) is 6.57. The first-order valence-electron chi connectivity index (χ1n) is 8.62. The van der Waals surface area contributed by atoms with Gasteiger partial charge in [0.1, 0.15) is 0 Å². The Morgan fingerprint density at radius 3 is 2.14 bits per heavy atom. The Hall–Kier alpha value is -3.34. The first kappa shape index (κ1) is 22.0. The second kappa shape index (κ2) is 9.73. The summed E-state index contributed by atoms with van der Waals surface area (Å²) in [7, 11) is 6.98. The van der Waals surface area contributed by atoms with E-state index < -0.39 is 12.1 Å². The minimum atomic E-state index is -0.841. The smallest absolute Gasteiger partial charge is 0.426 e. The molecule has 0 saturated heterocycles. The summed E-state index contributed by atoms with van der Waals surface area (Å²) < 4.78 is 4.88. The van der Waals surface area contributed by atoms with Crippen molar-refractivity contribution in [2.45, 2.75) is 6.92 Å². The van der Waals surface area contributed by atoms with Gasteiger partial charge in [-0.3, -0.25) is 0 Å². The molecule has 0 radical (unpaired) electrons. The number of rotatable bonds is 5. The van der Waals surface area contributed by atoms with E-state index in [0.29, 0.717) is 22.6 Å². The van der Waals surface area contributed by atoms with E-state index in [4.69, 9.17) is 16.3 Å². The van der Waals surface area contributed by atoms with Crippen LogP contribution in [0.25, 0.3) is 0 Å². The molecule has 0 fully saturated rings.